The quantitative estimate of drug-likeness (QED) is 0.113. The Morgan fingerprint density at radius 2 is 0.519 bits per heavy atom. The lowest BCUT2D eigenvalue weighted by molar-refractivity contribution is 0.590. The zero-order valence-electron chi connectivity index (χ0n) is 74.9. The number of rotatable bonds is 12. The fourth-order valence-electron chi connectivity index (χ4n) is 22.7. The van der Waals surface area contributed by atoms with Crippen molar-refractivity contribution in [3.8, 4) is 100 Å². The zero-order chi connectivity index (χ0) is 89.3. The van der Waals surface area contributed by atoms with Crippen LogP contribution in [-0.2, 0) is 5.41 Å². The van der Waals surface area contributed by atoms with Crippen molar-refractivity contribution in [2.75, 3.05) is 9.80 Å². The summed E-state index contributed by atoms with van der Waals surface area (Å²) in [6.07, 6.45) is 0. The summed E-state index contributed by atoms with van der Waals surface area (Å²) in [4.78, 5) is 5.52. The van der Waals surface area contributed by atoms with E-state index in [0.717, 1.165) is 134 Å². The molecule has 0 unspecified atom stereocenters. The van der Waals surface area contributed by atoms with Gasteiger partial charge in [-0.3, -0.25) is 0 Å². The summed E-state index contributed by atoms with van der Waals surface area (Å²) in [6, 6.07) is 180. The normalized spacial score (nSPS) is 12.5. The van der Waals surface area contributed by atoms with Crippen LogP contribution in [0.5, 0.6) is 0 Å². The number of fused-ring (bicyclic) bond motifs is 18. The summed E-state index contributed by atoms with van der Waals surface area (Å²) in [5.41, 5.74) is 35.8. The first-order chi connectivity index (χ1) is 66.6. The summed E-state index contributed by atoms with van der Waals surface area (Å²) in [7, 11) is 0. The Morgan fingerprint density at radius 3 is 0.904 bits per heavy atom. The number of aromatic nitrogens is 2. The van der Waals surface area contributed by atoms with E-state index in [4.69, 9.17) is 0 Å². The number of anilines is 6. The van der Waals surface area contributed by atoms with E-state index < -0.39 is 5.41 Å². The van der Waals surface area contributed by atoms with Crippen LogP contribution in [-0.4, -0.2) is 15.8 Å². The topological polar surface area (TPSA) is 16.3 Å². The number of hydrogen-bond donors (Lipinski definition) is 0. The minimum atomic E-state index is -0.429. The summed E-state index contributed by atoms with van der Waals surface area (Å²) in [5, 5.41) is 19.2. The lowest BCUT2D eigenvalue weighted by atomic mass is 9.33. The Labute approximate surface area is 784 Å². The second-order valence-corrected chi connectivity index (χ2v) is 37.7. The highest BCUT2D eigenvalue weighted by molar-refractivity contribution is 7.00. The average Bonchev–Trinajstić information content (AvgIpc) is 1.23. The number of benzene rings is 23. The fraction of sp³-hybridized carbons (Fsp3) is 0.0308. The maximum absolute atomic E-state index is 2.76. The van der Waals surface area contributed by atoms with Crippen molar-refractivity contribution >= 4 is 165 Å². The molecule has 0 N–H and O–H groups in total. The molecule has 0 saturated heterocycles. The molecule has 0 spiro atoms. The Balaban J connectivity index is 0.802. The second kappa shape index (κ2) is 30.8. The number of nitrogens with zero attached hydrogens (tertiary/aromatic N) is 4. The van der Waals surface area contributed by atoms with E-state index >= 15 is 0 Å². The molecule has 0 aliphatic carbocycles. The fourth-order valence-corrected chi connectivity index (χ4v) is 22.7. The van der Waals surface area contributed by atoms with Gasteiger partial charge in [-0.25, -0.2) is 0 Å². The van der Waals surface area contributed by atoms with Gasteiger partial charge < -0.3 is 18.9 Å². The molecule has 2 aromatic heterocycles. The highest BCUT2D eigenvalue weighted by Crippen LogP contribution is 2.57. The first kappa shape index (κ1) is 77.8. The summed E-state index contributed by atoms with van der Waals surface area (Å²) in [6.45, 7) is 6.89. The molecular weight excluding hydrogens is 1630 g/mol. The average molecular weight is 1720 g/mol. The largest absolute Gasteiger partial charge is 0.310 e. The molecule has 25 aromatic rings. The van der Waals surface area contributed by atoms with Gasteiger partial charge in [-0.1, -0.05) is 397 Å². The van der Waals surface area contributed by atoms with Gasteiger partial charge in [0.25, 0.3) is 6.71 Å². The van der Waals surface area contributed by atoms with Crippen molar-refractivity contribution in [3.05, 3.63) is 479 Å². The molecule has 0 saturated carbocycles. The molecule has 630 valence electrons. The molecule has 0 amide bonds. The first-order valence-electron chi connectivity index (χ1n) is 47.1. The van der Waals surface area contributed by atoms with Gasteiger partial charge in [0, 0.05) is 88.7 Å². The van der Waals surface area contributed by atoms with Gasteiger partial charge in [0.2, 0.25) is 0 Å². The van der Waals surface area contributed by atoms with Gasteiger partial charge in [-0.15, -0.1) is 0 Å². The lowest BCUT2D eigenvalue weighted by Crippen LogP contribution is -2.61. The van der Waals surface area contributed by atoms with E-state index in [0.29, 0.717) is 0 Å². The summed E-state index contributed by atoms with van der Waals surface area (Å²) in [5.74, 6) is 0. The van der Waals surface area contributed by atoms with Crippen molar-refractivity contribution < 1.29 is 0 Å². The maximum atomic E-state index is 2.76. The van der Waals surface area contributed by atoms with Crippen LogP contribution in [0.15, 0.2) is 473 Å². The van der Waals surface area contributed by atoms with Crippen molar-refractivity contribution in [2.45, 2.75) is 26.2 Å². The van der Waals surface area contributed by atoms with Gasteiger partial charge >= 0.3 is 0 Å². The Bertz CT molecular complexity index is 8580. The molecule has 27 rings (SSSR count). The lowest BCUT2D eigenvalue weighted by Gasteiger charge is -2.46. The van der Waals surface area contributed by atoms with Crippen LogP contribution in [0.1, 0.15) is 26.3 Å². The van der Waals surface area contributed by atoms with Crippen LogP contribution >= 0.6 is 0 Å². The van der Waals surface area contributed by atoms with E-state index in [1.54, 1.807) is 0 Å². The highest BCUT2D eigenvalue weighted by Gasteiger charge is 2.47. The van der Waals surface area contributed by atoms with Crippen molar-refractivity contribution in [3.63, 3.8) is 0 Å². The minimum Gasteiger partial charge on any atom is -0.310 e. The van der Waals surface area contributed by atoms with Crippen LogP contribution in [0.25, 0.3) is 209 Å². The van der Waals surface area contributed by atoms with Crippen LogP contribution in [0, 0.1) is 0 Å². The molecule has 0 atom stereocenters. The summed E-state index contributed by atoms with van der Waals surface area (Å²) >= 11 is 0. The van der Waals surface area contributed by atoms with Gasteiger partial charge in [0.15, 0.2) is 0 Å². The Morgan fingerprint density at radius 1 is 0.193 bits per heavy atom. The Kier molecular flexibility index (Phi) is 17.7. The predicted octanol–water partition coefficient (Wildman–Crippen LogP) is 33.5. The molecule has 0 fully saturated rings. The second-order valence-electron chi connectivity index (χ2n) is 37.7. The molecular formula is C130H87BN4. The molecule has 0 radical (unpaired) electrons. The van der Waals surface area contributed by atoms with E-state index in [1.807, 2.05) is 0 Å². The highest BCUT2D eigenvalue weighted by atomic mass is 15.2. The van der Waals surface area contributed by atoms with Crippen LogP contribution < -0.4 is 26.2 Å². The van der Waals surface area contributed by atoms with Crippen molar-refractivity contribution in [2.24, 2.45) is 0 Å². The van der Waals surface area contributed by atoms with Gasteiger partial charge in [-0.2, -0.15) is 0 Å². The van der Waals surface area contributed by atoms with Crippen LogP contribution in [0.2, 0.25) is 0 Å². The van der Waals surface area contributed by atoms with E-state index in [2.05, 4.69) is 513 Å². The van der Waals surface area contributed by atoms with E-state index in [-0.39, 0.29) is 6.71 Å². The van der Waals surface area contributed by atoms with Gasteiger partial charge in [-0.05, 0) is 245 Å². The number of hydrogen-bond acceptors (Lipinski definition) is 2. The maximum Gasteiger partial charge on any atom is 0.252 e. The third-order valence-electron chi connectivity index (χ3n) is 29.1. The molecule has 4 nitrogen and oxygen atoms in total. The summed E-state index contributed by atoms with van der Waals surface area (Å²) < 4.78 is 5.20. The molecule has 5 heteroatoms. The van der Waals surface area contributed by atoms with E-state index in [9.17, 15) is 0 Å². The molecule has 135 heavy (non-hydrogen) atoms. The molecule has 4 heterocycles. The predicted molar refractivity (Wildman–Crippen MR) is 576 cm³/mol. The zero-order valence-corrected chi connectivity index (χ0v) is 74.9. The molecule has 2 aliphatic heterocycles. The molecule has 0 bridgehead atoms. The van der Waals surface area contributed by atoms with Crippen molar-refractivity contribution in [1.29, 1.82) is 0 Å². The third-order valence-corrected chi connectivity index (χ3v) is 29.1. The van der Waals surface area contributed by atoms with Crippen LogP contribution in [0.4, 0.5) is 34.1 Å². The van der Waals surface area contributed by atoms with Crippen molar-refractivity contribution in [1.82, 2.24) is 9.13 Å². The minimum absolute atomic E-state index is 0.358. The molecule has 2 aliphatic rings. The first-order valence-corrected chi connectivity index (χ1v) is 47.1. The van der Waals surface area contributed by atoms with Gasteiger partial charge in [0.1, 0.15) is 0 Å². The van der Waals surface area contributed by atoms with E-state index in [1.165, 1.54) is 130 Å². The third kappa shape index (κ3) is 12.5. The Hall–Kier alpha value is -17.1. The van der Waals surface area contributed by atoms with Gasteiger partial charge in [0.05, 0.1) is 33.4 Å². The molecule has 23 aromatic carbocycles. The monoisotopic (exact) mass is 1710 g/mol. The SMILES string of the molecule is CC(C)(C)c1cc2c3c(c1)N(c1c(-c4ccccc4)cc(-c4ccc5ccccc5c4)cc1-c1ccccc1)c1cc(-n4c5ccc(-c6cccc7ccccc67)cc5c5ccc6ccccc6c54)ccc1B3c1ccc(-n3c4ccc(-c5cccc6ccccc56)cc4c4ccc5ccccc5c43)cc1N2c1c(-c2ccccc2)cc(-c2ccc3ccccc3c2)cc1-c1ccccc1. The standard InChI is InChI=1S/C130H87BN4/c1-130(2,3)100-78-123-125-124(79-100)135(129-113(88-36-12-6-13-37-88)76-99(77-114(129)89-38-14-7-15-39-89)95-57-55-83-31-17-19-45-93(83)71-95)122-81-102(133-120-69-61-97(106-53-29-47-85-41-21-25-49-104(85)106)73-116(120)110-65-59-91-43-23-27-51-108(91)127(110)133)63-67-118(122)131(125)117-66-62-101(132-119-68-60-96(105-52-28-46-84-40-20-24-48-103(84)105)72-115(119)109-64-58-90-42-22-26-50-107(90)126(109)132)80-121(117)134(123)128-111(86-32-8-4-9-33-86)74-98(75-112(128)87-34-10-5-11-35-87)94-56-54-82-30-16-18-44-92(82)70-94/h4-81H,1-3H3. The van der Waals surface area contributed by atoms with Crippen LogP contribution in [0.3, 0.4) is 0 Å². The smallest absolute Gasteiger partial charge is 0.252 e.